The van der Waals surface area contributed by atoms with Crippen molar-refractivity contribution in [3.63, 3.8) is 0 Å². The van der Waals surface area contributed by atoms with Gasteiger partial charge in [-0.3, -0.25) is 39.0 Å². The lowest BCUT2D eigenvalue weighted by molar-refractivity contribution is -0.144. The van der Waals surface area contributed by atoms with E-state index in [9.17, 15) is 43.4 Å². The van der Waals surface area contributed by atoms with Gasteiger partial charge in [-0.2, -0.15) is 0 Å². The Morgan fingerprint density at radius 1 is 0.816 bits per heavy atom. The molecule has 0 radical (unpaired) electrons. The first-order valence-electron chi connectivity index (χ1n) is 29.7. The summed E-state index contributed by atoms with van der Waals surface area (Å²) in [5.74, 6) is -3.08. The number of thiazole rings is 2. The molecule has 6 heterocycles. The van der Waals surface area contributed by atoms with Crippen molar-refractivity contribution in [3.8, 4) is 16.2 Å². The molecule has 468 valence electrons. The normalized spacial score (nSPS) is 18.2. The van der Waals surface area contributed by atoms with Crippen molar-refractivity contribution in [3.05, 3.63) is 112 Å². The summed E-state index contributed by atoms with van der Waals surface area (Å²) < 4.78 is 37.0. The predicted octanol–water partition coefficient (Wildman–Crippen LogP) is 5.52. The highest BCUT2D eigenvalue weighted by atomic mass is 32.1. The minimum atomic E-state index is -1.30. The second-order valence-electron chi connectivity index (χ2n) is 23.2. The third kappa shape index (κ3) is 17.0. The average Bonchev–Trinajstić information content (AvgIpc) is 1.99. The van der Waals surface area contributed by atoms with E-state index in [-0.39, 0.29) is 93.7 Å². The van der Waals surface area contributed by atoms with Crippen molar-refractivity contribution in [1.82, 2.24) is 40.2 Å². The number of anilines is 2. The van der Waals surface area contributed by atoms with Crippen LogP contribution in [0.2, 0.25) is 0 Å². The van der Waals surface area contributed by atoms with E-state index in [0.717, 1.165) is 84.1 Å². The largest absolute Gasteiger partial charge is 0.508 e. The van der Waals surface area contributed by atoms with Crippen molar-refractivity contribution >= 4 is 68.9 Å². The van der Waals surface area contributed by atoms with Crippen LogP contribution < -0.4 is 20.9 Å². The molecular weight excluding hydrogens is 1160 g/mol. The Labute approximate surface area is 514 Å². The zero-order chi connectivity index (χ0) is 61.6. The molecule has 4 aliphatic rings. The number of rotatable bonds is 27. The molecule has 3 aromatic carbocycles. The lowest BCUT2D eigenvalue weighted by atomic mass is 9.85. The van der Waals surface area contributed by atoms with Crippen LogP contribution in [0.5, 0.6) is 5.75 Å². The third-order valence-corrected chi connectivity index (χ3v) is 17.9. The molecule has 9 rings (SSSR count). The van der Waals surface area contributed by atoms with Crippen molar-refractivity contribution in [2.24, 2.45) is 5.41 Å². The molecule has 1 unspecified atom stereocenters. The fourth-order valence-corrected chi connectivity index (χ4v) is 12.8. The SMILES string of the molecule is Cc1ncsc1-c1ccc(CNC(=O)[C@@H]2C[C@@H](O)CN2C(=O)[C@@H](NC(=O)CCOCCOCCOCCOCCC(=O)N2CCN(C3CCN(c4ccc5c(c4)C(=O)N(C(C(=O)Nc4nccs4)c4cc(F)ccc4O)C5)CC3)CC2)C(C)(C)C)cc1. The summed E-state index contributed by atoms with van der Waals surface area (Å²) in [6, 6.07) is 14.2. The number of carbonyl (C=O) groups excluding carboxylic acids is 6. The number of fused-ring (bicyclic) bond motifs is 1. The number of aryl methyl sites for hydroxylation is 1. The number of benzene rings is 3. The molecule has 4 atom stereocenters. The Balaban J connectivity index is 0.590. The minimum absolute atomic E-state index is 0.00744. The summed E-state index contributed by atoms with van der Waals surface area (Å²) in [7, 11) is 0. The number of aromatic nitrogens is 2. The number of likely N-dealkylation sites (tertiary alicyclic amines) is 1. The maximum Gasteiger partial charge on any atom is 0.255 e. The number of carbonyl (C=O) groups is 6. The van der Waals surface area contributed by atoms with Gasteiger partial charge in [0.15, 0.2) is 5.13 Å². The van der Waals surface area contributed by atoms with Crippen LogP contribution in [0.4, 0.5) is 15.2 Å². The highest BCUT2D eigenvalue weighted by Crippen LogP contribution is 2.39. The topological polar surface area (TPSA) is 258 Å². The standard InChI is InChI=1S/C62H79FN10O12S2/c1-40-55(87-39-66-40)42-7-5-41(6-8-42)36-65-57(78)50-35-47(74)38-72(50)60(81)56(62(2,3)4)67-52(76)15-24-82-26-28-84-30-31-85-29-27-83-25-16-53(77)71-22-20-70(21-23-71)45-13-18-69(19-14-45)46-11-9-43-37-73(59(80)48(43)34-46)54(49-33-44(63)10-12-51(49)75)58(79)68-61-64-17-32-86-61/h5-12,17,32-34,39,45,47,50,54,56,74-75H,13-16,18-31,35-38H2,1-4H3,(H,65,78)(H,67,76)(H,64,68,79)/t47-,50+,54?,56-/m1/s1. The first kappa shape index (κ1) is 64.5. The van der Waals surface area contributed by atoms with E-state index >= 15 is 0 Å². The Morgan fingerprint density at radius 3 is 2.14 bits per heavy atom. The lowest BCUT2D eigenvalue weighted by Gasteiger charge is -2.43. The molecule has 5 aromatic rings. The molecule has 3 saturated heterocycles. The van der Waals surface area contributed by atoms with Gasteiger partial charge in [0.2, 0.25) is 23.6 Å². The highest BCUT2D eigenvalue weighted by Gasteiger charge is 2.45. The van der Waals surface area contributed by atoms with Gasteiger partial charge in [0.1, 0.15) is 29.7 Å². The summed E-state index contributed by atoms with van der Waals surface area (Å²) in [6.07, 6.45) is 2.87. The number of nitrogens with zero attached hydrogens (tertiary/aromatic N) is 7. The molecule has 87 heavy (non-hydrogen) atoms. The summed E-state index contributed by atoms with van der Waals surface area (Å²) in [4.78, 5) is 100. The Hall–Kier alpha value is -6.97. The van der Waals surface area contributed by atoms with E-state index < -0.39 is 47.3 Å². The van der Waals surface area contributed by atoms with E-state index in [2.05, 4.69) is 35.7 Å². The van der Waals surface area contributed by atoms with Gasteiger partial charge in [-0.25, -0.2) is 14.4 Å². The third-order valence-electron chi connectivity index (χ3n) is 16.2. The maximum absolute atomic E-state index is 14.5. The maximum atomic E-state index is 14.5. The van der Waals surface area contributed by atoms with Gasteiger partial charge in [-0.05, 0) is 72.2 Å². The number of nitrogens with one attached hydrogen (secondary N) is 3. The van der Waals surface area contributed by atoms with Gasteiger partial charge in [-0.1, -0.05) is 51.1 Å². The number of amides is 6. The number of phenolic OH excluding ortho intramolecular Hbond substituents is 1. The first-order chi connectivity index (χ1) is 41.9. The quantitative estimate of drug-likeness (QED) is 0.0406. The van der Waals surface area contributed by atoms with Gasteiger partial charge < -0.3 is 59.4 Å². The number of aliphatic hydroxyl groups excluding tert-OH is 1. The molecule has 0 spiro atoms. The highest BCUT2D eigenvalue weighted by molar-refractivity contribution is 7.14. The molecule has 4 aliphatic heterocycles. The molecule has 5 N–H and O–H groups in total. The second kappa shape index (κ2) is 30.3. The van der Waals surface area contributed by atoms with Crippen molar-refractivity contribution in [2.75, 3.05) is 109 Å². The fourth-order valence-electron chi connectivity index (χ4n) is 11.5. The molecular formula is C62H79FN10O12S2. The first-order valence-corrected chi connectivity index (χ1v) is 31.4. The number of aliphatic hydroxyl groups is 1. The fraction of sp³-hybridized carbons (Fsp3) is 0.516. The number of piperidine rings is 1. The number of piperazine rings is 1. The van der Waals surface area contributed by atoms with Gasteiger partial charge >= 0.3 is 0 Å². The molecule has 6 amide bonds. The van der Waals surface area contributed by atoms with Gasteiger partial charge in [0, 0.05) is 106 Å². The van der Waals surface area contributed by atoms with E-state index in [0.29, 0.717) is 62.9 Å². The summed E-state index contributed by atoms with van der Waals surface area (Å²) in [6.45, 7) is 14.5. The number of phenols is 1. The van der Waals surface area contributed by atoms with Crippen molar-refractivity contribution in [1.29, 1.82) is 0 Å². The van der Waals surface area contributed by atoms with Crippen LogP contribution in [0.25, 0.3) is 10.4 Å². The van der Waals surface area contributed by atoms with E-state index in [1.165, 1.54) is 33.4 Å². The summed E-state index contributed by atoms with van der Waals surface area (Å²) in [5.41, 5.74) is 6.08. The predicted molar refractivity (Wildman–Crippen MR) is 325 cm³/mol. The van der Waals surface area contributed by atoms with E-state index in [1.807, 2.05) is 80.6 Å². The zero-order valence-corrected chi connectivity index (χ0v) is 51.4. The number of aromatic hydroxyl groups is 1. The molecule has 0 aliphatic carbocycles. The number of ether oxygens (including phenoxy) is 4. The van der Waals surface area contributed by atoms with Crippen LogP contribution in [0.15, 0.2) is 77.8 Å². The number of hydrogen-bond donors (Lipinski definition) is 5. The number of halogens is 1. The Bertz CT molecular complexity index is 3150. The van der Waals surface area contributed by atoms with Crippen LogP contribution in [0.3, 0.4) is 0 Å². The van der Waals surface area contributed by atoms with Gasteiger partial charge in [-0.15, -0.1) is 22.7 Å². The van der Waals surface area contributed by atoms with Crippen LogP contribution in [0, 0.1) is 18.2 Å². The molecule has 0 saturated carbocycles. The van der Waals surface area contributed by atoms with Crippen LogP contribution >= 0.6 is 22.7 Å². The minimum Gasteiger partial charge on any atom is -0.508 e. The van der Waals surface area contributed by atoms with Crippen LogP contribution in [-0.2, 0) is 56.0 Å². The van der Waals surface area contributed by atoms with E-state index in [1.54, 1.807) is 16.7 Å². The monoisotopic (exact) mass is 1240 g/mol. The number of β-amino-alcohol motifs (C(OH)–C–C–N with tert-alkyl or cyclic N) is 1. The molecule has 22 nitrogen and oxygen atoms in total. The van der Waals surface area contributed by atoms with Crippen LogP contribution in [0.1, 0.15) is 91.7 Å². The smallest absolute Gasteiger partial charge is 0.255 e. The van der Waals surface area contributed by atoms with Crippen molar-refractivity contribution in [2.45, 2.75) is 103 Å². The van der Waals surface area contributed by atoms with E-state index in [4.69, 9.17) is 18.9 Å². The summed E-state index contributed by atoms with van der Waals surface area (Å²) in [5, 5.41) is 31.8. The Morgan fingerprint density at radius 2 is 1.49 bits per heavy atom. The lowest BCUT2D eigenvalue weighted by Crippen LogP contribution is -2.57. The zero-order valence-electron chi connectivity index (χ0n) is 49.8. The molecule has 0 bridgehead atoms. The van der Waals surface area contributed by atoms with Crippen LogP contribution in [-0.4, -0.2) is 198 Å². The molecule has 2 aromatic heterocycles. The molecule has 25 heteroatoms. The average molecular weight is 1240 g/mol. The molecule has 3 fully saturated rings. The van der Waals surface area contributed by atoms with Gasteiger partial charge in [0.25, 0.3) is 11.8 Å². The summed E-state index contributed by atoms with van der Waals surface area (Å²) >= 11 is 2.77. The number of hydrogen-bond acceptors (Lipinski definition) is 18. The van der Waals surface area contributed by atoms with Crippen molar-refractivity contribution < 1.29 is 62.3 Å². The van der Waals surface area contributed by atoms with Gasteiger partial charge in [0.05, 0.1) is 81.5 Å². The Kier molecular flexibility index (Phi) is 22.5. The second-order valence-corrected chi connectivity index (χ2v) is 25.0.